The average Bonchev–Trinajstić information content (AvgIpc) is 2.82. The Bertz CT molecular complexity index is 1720. The van der Waals surface area contributed by atoms with Crippen LogP contribution in [0.15, 0.2) is 109 Å². The molecule has 0 spiro atoms. The molecular formula is C30H18. The molecule has 0 saturated heterocycles. The monoisotopic (exact) mass is 378 g/mol. The molecule has 0 nitrogen and oxygen atoms in total. The molecule has 138 valence electrons. The minimum atomic E-state index is 1.26. The minimum Gasteiger partial charge on any atom is -0.0622 e. The molecular weight excluding hydrogens is 360 g/mol. The van der Waals surface area contributed by atoms with Crippen molar-refractivity contribution in [3.63, 3.8) is 0 Å². The number of hydrogen-bond acceptors (Lipinski definition) is 0. The van der Waals surface area contributed by atoms with Gasteiger partial charge >= 0.3 is 0 Å². The number of rotatable bonds is 1. The van der Waals surface area contributed by atoms with Gasteiger partial charge < -0.3 is 0 Å². The first kappa shape index (κ1) is 16.0. The highest BCUT2D eigenvalue weighted by Crippen LogP contribution is 2.43. The number of fused-ring (bicyclic) bond motifs is 4. The van der Waals surface area contributed by atoms with Gasteiger partial charge in [0, 0.05) is 0 Å². The Morgan fingerprint density at radius 1 is 0.300 bits per heavy atom. The van der Waals surface area contributed by atoms with Crippen LogP contribution < -0.4 is 0 Å². The molecule has 7 aromatic carbocycles. The molecule has 0 aromatic heterocycles. The number of hydrogen-bond donors (Lipinski definition) is 0. The maximum atomic E-state index is 2.40. The lowest BCUT2D eigenvalue weighted by atomic mass is 9.87. The van der Waals surface area contributed by atoms with Crippen molar-refractivity contribution in [2.24, 2.45) is 0 Å². The van der Waals surface area contributed by atoms with E-state index in [4.69, 9.17) is 0 Å². The highest BCUT2D eigenvalue weighted by atomic mass is 14.2. The van der Waals surface area contributed by atoms with Crippen LogP contribution in [-0.2, 0) is 0 Å². The van der Waals surface area contributed by atoms with Crippen LogP contribution >= 0.6 is 0 Å². The van der Waals surface area contributed by atoms with Gasteiger partial charge in [-0.1, -0.05) is 97.1 Å². The molecule has 0 aliphatic rings. The van der Waals surface area contributed by atoms with E-state index in [1.807, 2.05) is 0 Å². The van der Waals surface area contributed by atoms with Gasteiger partial charge in [-0.25, -0.2) is 0 Å². The highest BCUT2D eigenvalue weighted by Gasteiger charge is 2.14. The second-order valence-corrected chi connectivity index (χ2v) is 8.16. The van der Waals surface area contributed by atoms with Crippen molar-refractivity contribution in [1.29, 1.82) is 0 Å². The molecule has 0 bridgehead atoms. The Hall–Kier alpha value is -3.90. The molecule has 7 aromatic rings. The fraction of sp³-hybridized carbons (Fsp3) is 0. The zero-order chi connectivity index (χ0) is 19.7. The van der Waals surface area contributed by atoms with Crippen LogP contribution in [0.1, 0.15) is 0 Å². The molecule has 0 atom stereocenters. The highest BCUT2D eigenvalue weighted by molar-refractivity contribution is 6.36. The molecule has 0 aliphatic carbocycles. The van der Waals surface area contributed by atoms with Gasteiger partial charge in [-0.2, -0.15) is 0 Å². The summed E-state index contributed by atoms with van der Waals surface area (Å²) in [5.74, 6) is 0. The quantitative estimate of drug-likeness (QED) is 0.198. The summed E-state index contributed by atoms with van der Waals surface area (Å²) in [6.07, 6.45) is 0. The Kier molecular flexibility index (Phi) is 3.09. The van der Waals surface area contributed by atoms with Crippen LogP contribution in [0.3, 0.4) is 0 Å². The summed E-state index contributed by atoms with van der Waals surface area (Å²) in [6.45, 7) is 0. The lowest BCUT2D eigenvalue weighted by Gasteiger charge is -2.16. The zero-order valence-electron chi connectivity index (χ0n) is 16.4. The van der Waals surface area contributed by atoms with Crippen LogP contribution in [0.2, 0.25) is 0 Å². The zero-order valence-corrected chi connectivity index (χ0v) is 16.4. The fourth-order valence-electron chi connectivity index (χ4n) is 5.26. The second-order valence-electron chi connectivity index (χ2n) is 8.16. The lowest BCUT2D eigenvalue weighted by molar-refractivity contribution is 1.65. The van der Waals surface area contributed by atoms with E-state index in [0.717, 1.165) is 0 Å². The van der Waals surface area contributed by atoms with E-state index >= 15 is 0 Å². The SMILES string of the molecule is c1ccc(-c2ccc3c(c2)cc2c4cccc5cccc(c6cccc3c62)c54)cc1. The van der Waals surface area contributed by atoms with Crippen molar-refractivity contribution in [3.05, 3.63) is 109 Å². The van der Waals surface area contributed by atoms with E-state index in [-0.39, 0.29) is 0 Å². The first-order chi connectivity index (χ1) is 14.9. The summed E-state index contributed by atoms with van der Waals surface area (Å²) >= 11 is 0. The predicted molar refractivity (Wildman–Crippen MR) is 131 cm³/mol. The molecule has 7 rings (SSSR count). The summed E-state index contributed by atoms with van der Waals surface area (Å²) in [4.78, 5) is 0. The molecule has 30 heavy (non-hydrogen) atoms. The first-order valence-corrected chi connectivity index (χ1v) is 10.5. The van der Waals surface area contributed by atoms with Gasteiger partial charge in [0.05, 0.1) is 0 Å². The van der Waals surface area contributed by atoms with Gasteiger partial charge in [0.25, 0.3) is 0 Å². The largest absolute Gasteiger partial charge is 0.0622 e. The molecule has 0 aliphatic heterocycles. The summed E-state index contributed by atoms with van der Waals surface area (Å²) in [5, 5.41) is 13.4. The van der Waals surface area contributed by atoms with Crippen LogP contribution in [0.25, 0.3) is 65.0 Å². The average molecular weight is 378 g/mol. The van der Waals surface area contributed by atoms with E-state index in [2.05, 4.69) is 109 Å². The number of benzene rings is 7. The van der Waals surface area contributed by atoms with Crippen LogP contribution in [0.5, 0.6) is 0 Å². The van der Waals surface area contributed by atoms with Crippen molar-refractivity contribution in [2.75, 3.05) is 0 Å². The molecule has 0 N–H and O–H groups in total. The van der Waals surface area contributed by atoms with E-state index in [1.54, 1.807) is 0 Å². The normalized spacial score (nSPS) is 12.0. The smallest absolute Gasteiger partial charge is 0.00199 e. The fourth-order valence-corrected chi connectivity index (χ4v) is 5.26. The third-order valence-electron chi connectivity index (χ3n) is 6.57. The lowest BCUT2D eigenvalue weighted by Crippen LogP contribution is -1.88. The Morgan fingerprint density at radius 3 is 1.70 bits per heavy atom. The van der Waals surface area contributed by atoms with Gasteiger partial charge in [-0.05, 0) is 77.1 Å². The van der Waals surface area contributed by atoms with Crippen molar-refractivity contribution in [3.8, 4) is 11.1 Å². The molecule has 0 saturated carbocycles. The Labute approximate surface area is 174 Å². The maximum absolute atomic E-state index is 2.40. The maximum Gasteiger partial charge on any atom is -0.00199 e. The molecule has 0 unspecified atom stereocenters. The van der Waals surface area contributed by atoms with Crippen LogP contribution in [0, 0.1) is 0 Å². The van der Waals surface area contributed by atoms with E-state index in [1.165, 1.54) is 65.0 Å². The van der Waals surface area contributed by atoms with Crippen molar-refractivity contribution < 1.29 is 0 Å². The standard InChI is InChI=1S/C30H18/c1-2-7-19(8-3-1)21-15-16-23-22(17-21)18-28-27-12-5-10-20-9-4-11-25(29(20)27)26-14-6-13-24(23)30(26)28/h1-18H. The summed E-state index contributed by atoms with van der Waals surface area (Å²) < 4.78 is 0. The third kappa shape index (κ3) is 2.06. The Balaban J connectivity index is 1.71. The Morgan fingerprint density at radius 2 is 0.933 bits per heavy atom. The molecule has 0 amide bonds. The first-order valence-electron chi connectivity index (χ1n) is 10.5. The van der Waals surface area contributed by atoms with Crippen molar-refractivity contribution >= 4 is 53.9 Å². The van der Waals surface area contributed by atoms with Crippen LogP contribution in [0.4, 0.5) is 0 Å². The topological polar surface area (TPSA) is 0 Å². The predicted octanol–water partition coefficient (Wildman–Crippen LogP) is 8.56. The van der Waals surface area contributed by atoms with Crippen molar-refractivity contribution in [1.82, 2.24) is 0 Å². The second kappa shape index (κ2) is 5.81. The van der Waals surface area contributed by atoms with E-state index in [0.29, 0.717) is 0 Å². The third-order valence-corrected chi connectivity index (χ3v) is 6.57. The molecule has 0 heterocycles. The van der Waals surface area contributed by atoms with Crippen LogP contribution in [-0.4, -0.2) is 0 Å². The van der Waals surface area contributed by atoms with E-state index < -0.39 is 0 Å². The summed E-state index contributed by atoms with van der Waals surface area (Å²) in [6, 6.07) is 40.1. The molecule has 0 radical (unpaired) electrons. The summed E-state index contributed by atoms with van der Waals surface area (Å²) in [7, 11) is 0. The van der Waals surface area contributed by atoms with Crippen molar-refractivity contribution in [2.45, 2.75) is 0 Å². The van der Waals surface area contributed by atoms with Gasteiger partial charge in [0.1, 0.15) is 0 Å². The minimum absolute atomic E-state index is 1.26. The van der Waals surface area contributed by atoms with Gasteiger partial charge in [0.15, 0.2) is 0 Å². The molecule has 0 heteroatoms. The van der Waals surface area contributed by atoms with E-state index in [9.17, 15) is 0 Å². The van der Waals surface area contributed by atoms with Gasteiger partial charge in [-0.3, -0.25) is 0 Å². The summed E-state index contributed by atoms with van der Waals surface area (Å²) in [5.41, 5.74) is 2.52. The molecule has 0 fully saturated rings. The van der Waals surface area contributed by atoms with Gasteiger partial charge in [-0.15, -0.1) is 0 Å². The van der Waals surface area contributed by atoms with Gasteiger partial charge in [0.2, 0.25) is 0 Å².